The molecule has 0 amide bonds. The Hall–Kier alpha value is -1.42. The second-order valence-electron chi connectivity index (χ2n) is 3.59. The second kappa shape index (κ2) is 4.84. The highest BCUT2D eigenvalue weighted by Gasteiger charge is 2.32. The SMILES string of the molecule is CC(C)n1cc(C(F)(F)F)cc(SC#N)c1=O. The monoisotopic (exact) mass is 262 g/mol. The smallest absolute Gasteiger partial charge is 0.311 e. The van der Waals surface area contributed by atoms with Gasteiger partial charge >= 0.3 is 6.18 Å². The van der Waals surface area contributed by atoms with Crippen molar-refractivity contribution in [2.45, 2.75) is 31.0 Å². The summed E-state index contributed by atoms with van der Waals surface area (Å²) in [4.78, 5) is 11.5. The maximum absolute atomic E-state index is 12.6. The Kier molecular flexibility index (Phi) is 3.88. The molecule has 0 fully saturated rings. The van der Waals surface area contributed by atoms with Crippen molar-refractivity contribution >= 4 is 11.8 Å². The number of thioether (sulfide) groups is 1. The molecular weight excluding hydrogens is 253 g/mol. The zero-order valence-corrected chi connectivity index (χ0v) is 9.89. The van der Waals surface area contributed by atoms with E-state index >= 15 is 0 Å². The molecule has 17 heavy (non-hydrogen) atoms. The highest BCUT2D eigenvalue weighted by molar-refractivity contribution is 8.03. The lowest BCUT2D eigenvalue weighted by atomic mass is 10.2. The number of hydrogen-bond donors (Lipinski definition) is 0. The predicted molar refractivity (Wildman–Crippen MR) is 57.6 cm³/mol. The average molecular weight is 262 g/mol. The van der Waals surface area contributed by atoms with Gasteiger partial charge in [-0.2, -0.15) is 18.4 Å². The molecule has 0 aliphatic carbocycles. The number of alkyl halides is 3. The fourth-order valence-electron chi connectivity index (χ4n) is 1.24. The van der Waals surface area contributed by atoms with Gasteiger partial charge in [0, 0.05) is 12.2 Å². The quantitative estimate of drug-likeness (QED) is 0.608. The number of hydrogen-bond acceptors (Lipinski definition) is 3. The van der Waals surface area contributed by atoms with Crippen molar-refractivity contribution in [3.63, 3.8) is 0 Å². The number of rotatable bonds is 2. The molecule has 0 saturated carbocycles. The van der Waals surface area contributed by atoms with Gasteiger partial charge in [-0.05, 0) is 31.7 Å². The molecule has 0 radical (unpaired) electrons. The van der Waals surface area contributed by atoms with Crippen LogP contribution >= 0.6 is 11.8 Å². The first kappa shape index (κ1) is 13.6. The van der Waals surface area contributed by atoms with Gasteiger partial charge in [-0.1, -0.05) is 0 Å². The van der Waals surface area contributed by atoms with Crippen LogP contribution in [0.4, 0.5) is 13.2 Å². The number of halogens is 3. The molecule has 0 spiro atoms. The molecule has 1 aromatic rings. The Morgan fingerprint density at radius 1 is 1.47 bits per heavy atom. The van der Waals surface area contributed by atoms with Gasteiger partial charge in [0.2, 0.25) is 0 Å². The minimum absolute atomic E-state index is 0.212. The number of nitrogens with zero attached hydrogens (tertiary/aromatic N) is 2. The molecule has 0 atom stereocenters. The molecule has 0 bridgehead atoms. The van der Waals surface area contributed by atoms with Crippen LogP contribution in [0.15, 0.2) is 22.0 Å². The molecule has 92 valence electrons. The van der Waals surface area contributed by atoms with Crippen LogP contribution < -0.4 is 5.56 Å². The summed E-state index contributed by atoms with van der Waals surface area (Å²) < 4.78 is 38.7. The lowest BCUT2D eigenvalue weighted by Crippen LogP contribution is -2.25. The number of nitriles is 1. The predicted octanol–water partition coefficient (Wildman–Crippen LogP) is 3.02. The van der Waals surface area contributed by atoms with Crippen LogP contribution in [0.5, 0.6) is 0 Å². The van der Waals surface area contributed by atoms with Crippen molar-refractivity contribution in [2.24, 2.45) is 0 Å². The first-order valence-corrected chi connectivity index (χ1v) is 5.48. The Balaban J connectivity index is 3.49. The van der Waals surface area contributed by atoms with E-state index in [1.54, 1.807) is 19.2 Å². The van der Waals surface area contributed by atoms with E-state index in [1.807, 2.05) is 0 Å². The Morgan fingerprint density at radius 2 is 2.06 bits per heavy atom. The highest BCUT2D eigenvalue weighted by atomic mass is 32.2. The van der Waals surface area contributed by atoms with Crippen molar-refractivity contribution in [2.75, 3.05) is 0 Å². The molecule has 0 aromatic carbocycles. The van der Waals surface area contributed by atoms with Gasteiger partial charge in [0.25, 0.3) is 5.56 Å². The van der Waals surface area contributed by atoms with Gasteiger partial charge < -0.3 is 4.57 Å². The molecule has 0 aliphatic heterocycles. The average Bonchev–Trinajstić information content (AvgIpc) is 2.19. The molecule has 1 aromatic heterocycles. The fourth-order valence-corrected chi connectivity index (χ4v) is 1.71. The first-order valence-electron chi connectivity index (χ1n) is 4.66. The maximum Gasteiger partial charge on any atom is 0.417 e. The van der Waals surface area contributed by atoms with Crippen LogP contribution in [-0.4, -0.2) is 4.57 Å². The van der Waals surface area contributed by atoms with Crippen molar-refractivity contribution < 1.29 is 13.2 Å². The van der Waals surface area contributed by atoms with E-state index in [0.717, 1.165) is 10.8 Å². The molecule has 0 N–H and O–H groups in total. The summed E-state index contributed by atoms with van der Waals surface area (Å²) in [5, 5.41) is 10.1. The standard InChI is InChI=1S/C10H9F3N2OS/c1-6(2)15-4-7(10(11,12)13)3-8(9(15)16)17-5-14/h3-4,6H,1-2H3. The van der Waals surface area contributed by atoms with E-state index in [-0.39, 0.29) is 4.90 Å². The minimum atomic E-state index is -4.53. The van der Waals surface area contributed by atoms with Gasteiger partial charge in [-0.3, -0.25) is 4.79 Å². The van der Waals surface area contributed by atoms with Crippen LogP contribution in [0.25, 0.3) is 0 Å². The van der Waals surface area contributed by atoms with Crippen LogP contribution in [0, 0.1) is 10.7 Å². The van der Waals surface area contributed by atoms with E-state index in [4.69, 9.17) is 5.26 Å². The van der Waals surface area contributed by atoms with E-state index in [2.05, 4.69) is 0 Å². The van der Waals surface area contributed by atoms with Gasteiger partial charge in [-0.15, -0.1) is 0 Å². The summed E-state index contributed by atoms with van der Waals surface area (Å²) >= 11 is 0.436. The number of aromatic nitrogens is 1. The Bertz CT molecular complexity index is 514. The van der Waals surface area contributed by atoms with Crippen molar-refractivity contribution in [1.82, 2.24) is 4.57 Å². The highest BCUT2D eigenvalue weighted by Crippen LogP contribution is 2.30. The van der Waals surface area contributed by atoms with E-state index < -0.39 is 23.3 Å². The second-order valence-corrected chi connectivity index (χ2v) is 4.42. The molecular formula is C10H9F3N2OS. The first-order chi connectivity index (χ1) is 7.77. The van der Waals surface area contributed by atoms with Gasteiger partial charge in [0.05, 0.1) is 10.5 Å². The summed E-state index contributed by atoms with van der Waals surface area (Å²) in [6, 6.07) is 0.303. The lowest BCUT2D eigenvalue weighted by molar-refractivity contribution is -0.138. The van der Waals surface area contributed by atoms with Crippen molar-refractivity contribution in [1.29, 1.82) is 5.26 Å². The molecule has 7 heteroatoms. The number of pyridine rings is 1. The van der Waals surface area contributed by atoms with Crippen molar-refractivity contribution in [3.8, 4) is 5.40 Å². The summed E-state index contributed by atoms with van der Waals surface area (Å²) in [7, 11) is 0. The summed E-state index contributed by atoms with van der Waals surface area (Å²) in [5.41, 5.74) is -1.51. The van der Waals surface area contributed by atoms with Gasteiger partial charge in [-0.25, -0.2) is 0 Å². The van der Waals surface area contributed by atoms with Crippen LogP contribution in [-0.2, 0) is 6.18 Å². The van der Waals surface area contributed by atoms with E-state index in [1.165, 1.54) is 0 Å². The molecule has 0 unspecified atom stereocenters. The van der Waals surface area contributed by atoms with Crippen LogP contribution in [0.1, 0.15) is 25.5 Å². The van der Waals surface area contributed by atoms with Crippen LogP contribution in [0.3, 0.4) is 0 Å². The molecule has 3 nitrogen and oxygen atoms in total. The van der Waals surface area contributed by atoms with Crippen molar-refractivity contribution in [3.05, 3.63) is 28.2 Å². The van der Waals surface area contributed by atoms with Gasteiger partial charge in [0.1, 0.15) is 5.40 Å². The molecule has 1 heterocycles. The Labute approximate surface area is 99.9 Å². The van der Waals surface area contributed by atoms with Gasteiger partial charge in [0.15, 0.2) is 0 Å². The maximum atomic E-state index is 12.6. The minimum Gasteiger partial charge on any atom is -0.311 e. The lowest BCUT2D eigenvalue weighted by Gasteiger charge is -2.14. The third-order valence-corrected chi connectivity index (χ3v) is 2.65. The molecule has 0 aliphatic rings. The third-order valence-electron chi connectivity index (χ3n) is 2.05. The van der Waals surface area contributed by atoms with E-state index in [9.17, 15) is 18.0 Å². The zero-order chi connectivity index (χ0) is 13.2. The Morgan fingerprint density at radius 3 is 2.47 bits per heavy atom. The van der Waals surface area contributed by atoms with Crippen LogP contribution in [0.2, 0.25) is 0 Å². The molecule has 0 saturated heterocycles. The molecule has 1 rings (SSSR count). The fraction of sp³-hybridized carbons (Fsp3) is 0.400. The zero-order valence-electron chi connectivity index (χ0n) is 9.08. The largest absolute Gasteiger partial charge is 0.417 e. The summed E-state index contributed by atoms with van der Waals surface area (Å²) in [5.74, 6) is 0. The van der Waals surface area contributed by atoms with E-state index in [0.29, 0.717) is 17.8 Å². The number of thiocyanates is 1. The topological polar surface area (TPSA) is 45.8 Å². The normalized spacial score (nSPS) is 11.6. The summed E-state index contributed by atoms with van der Waals surface area (Å²) in [6.07, 6.45) is -3.76. The summed E-state index contributed by atoms with van der Waals surface area (Å²) in [6.45, 7) is 3.20. The third kappa shape index (κ3) is 3.03.